The molecule has 0 saturated carbocycles. The Bertz CT molecular complexity index is 1300. The van der Waals surface area contributed by atoms with Crippen LogP contribution in [-0.4, -0.2) is 33.8 Å². The normalized spacial score (nSPS) is 14.6. The van der Waals surface area contributed by atoms with E-state index in [1.54, 1.807) is 31.4 Å². The molecule has 2 heterocycles. The fraction of sp³-hybridized carbons (Fsp3) is 0.143. The zero-order chi connectivity index (χ0) is 23.5. The first-order valence-corrected chi connectivity index (χ1v) is 9.74. The van der Waals surface area contributed by atoms with Crippen LogP contribution in [0.25, 0.3) is 0 Å². The lowest BCUT2D eigenvalue weighted by Crippen LogP contribution is -2.36. The second-order valence-electron chi connectivity index (χ2n) is 7.13. The molecule has 1 atom stereocenters. The summed E-state index contributed by atoms with van der Waals surface area (Å²) in [5.41, 5.74) is -0.0266. The number of hydrogen-bond acceptors (Lipinski definition) is 8. The topological polar surface area (TPSA) is 168 Å². The van der Waals surface area contributed by atoms with Crippen LogP contribution >= 0.6 is 0 Å². The number of nitro benzene ring substituents is 1. The van der Waals surface area contributed by atoms with Crippen LogP contribution in [0, 0.1) is 10.1 Å². The Morgan fingerprint density at radius 1 is 1.18 bits per heavy atom. The summed E-state index contributed by atoms with van der Waals surface area (Å²) in [6.45, 7) is 0. The Morgan fingerprint density at radius 3 is 2.64 bits per heavy atom. The highest BCUT2D eigenvalue weighted by molar-refractivity contribution is 6.04. The smallest absolute Gasteiger partial charge is 0.271 e. The Labute approximate surface area is 186 Å². The molecule has 1 aliphatic heterocycles. The van der Waals surface area contributed by atoms with Crippen LogP contribution in [0.4, 0.5) is 28.8 Å². The number of ether oxygens (including phenoxy) is 1. The minimum Gasteiger partial charge on any atom is -0.497 e. The first-order valence-electron chi connectivity index (χ1n) is 9.74. The molecule has 0 aliphatic carbocycles. The number of carbonyl (C=O) groups excluding carboxylic acids is 2. The Balaban J connectivity index is 1.60. The number of amides is 2. The van der Waals surface area contributed by atoms with Gasteiger partial charge in [-0.05, 0) is 30.3 Å². The zero-order valence-electron chi connectivity index (χ0n) is 17.2. The van der Waals surface area contributed by atoms with Crippen molar-refractivity contribution in [3.05, 3.63) is 74.6 Å². The van der Waals surface area contributed by atoms with Crippen LogP contribution in [0.1, 0.15) is 17.9 Å². The third-order valence-electron chi connectivity index (χ3n) is 4.94. The molecule has 0 fully saturated rings. The third kappa shape index (κ3) is 4.63. The number of anilines is 4. The van der Waals surface area contributed by atoms with E-state index in [2.05, 4.69) is 25.9 Å². The molecule has 0 unspecified atom stereocenters. The number of H-pyrrole nitrogens is 1. The van der Waals surface area contributed by atoms with Crippen LogP contribution in [0.15, 0.2) is 53.3 Å². The molecule has 12 nitrogen and oxygen atoms in total. The molecule has 12 heteroatoms. The lowest BCUT2D eigenvalue weighted by molar-refractivity contribution is -0.384. The summed E-state index contributed by atoms with van der Waals surface area (Å²) in [5, 5.41) is 18.9. The molecule has 1 aromatic heterocycles. The number of aromatic amines is 1. The molecule has 168 valence electrons. The number of methoxy groups -OCH3 is 1. The molecule has 0 radical (unpaired) electrons. The Hall–Kier alpha value is -4.74. The van der Waals surface area contributed by atoms with Crippen LogP contribution in [0.3, 0.4) is 0 Å². The van der Waals surface area contributed by atoms with Gasteiger partial charge >= 0.3 is 0 Å². The van der Waals surface area contributed by atoms with E-state index < -0.39 is 28.2 Å². The molecule has 0 spiro atoms. The van der Waals surface area contributed by atoms with Crippen molar-refractivity contribution < 1.29 is 19.2 Å². The lowest BCUT2D eigenvalue weighted by Gasteiger charge is -2.23. The number of nitrogens with one attached hydrogen (secondary N) is 4. The molecule has 2 aromatic carbocycles. The van der Waals surface area contributed by atoms with Crippen LogP contribution in [0.2, 0.25) is 0 Å². The van der Waals surface area contributed by atoms with E-state index in [-0.39, 0.29) is 35.1 Å². The molecule has 0 saturated heterocycles. The van der Waals surface area contributed by atoms with E-state index in [0.29, 0.717) is 11.4 Å². The van der Waals surface area contributed by atoms with Crippen molar-refractivity contribution in [3.63, 3.8) is 0 Å². The van der Waals surface area contributed by atoms with Gasteiger partial charge in [-0.1, -0.05) is 6.07 Å². The lowest BCUT2D eigenvalue weighted by atomic mass is 9.92. The number of benzene rings is 2. The van der Waals surface area contributed by atoms with Crippen molar-refractivity contribution in [1.29, 1.82) is 0 Å². The van der Waals surface area contributed by atoms with Gasteiger partial charge < -0.3 is 20.7 Å². The molecule has 1 aliphatic rings. The summed E-state index contributed by atoms with van der Waals surface area (Å²) in [4.78, 5) is 55.1. The van der Waals surface area contributed by atoms with Crippen LogP contribution in [0.5, 0.6) is 5.75 Å². The highest BCUT2D eigenvalue weighted by atomic mass is 16.6. The summed E-state index contributed by atoms with van der Waals surface area (Å²) in [6, 6.07) is 12.2. The predicted molar refractivity (Wildman–Crippen MR) is 119 cm³/mol. The number of carbonyl (C=O) groups is 2. The van der Waals surface area contributed by atoms with Gasteiger partial charge in [-0.25, -0.2) is 0 Å². The van der Waals surface area contributed by atoms with E-state index in [4.69, 9.17) is 4.74 Å². The van der Waals surface area contributed by atoms with Crippen molar-refractivity contribution in [2.24, 2.45) is 0 Å². The minimum absolute atomic E-state index is 0.00203. The monoisotopic (exact) mass is 450 g/mol. The Morgan fingerprint density at radius 2 is 1.94 bits per heavy atom. The third-order valence-corrected chi connectivity index (χ3v) is 4.94. The van der Waals surface area contributed by atoms with E-state index >= 15 is 0 Å². The van der Waals surface area contributed by atoms with Crippen molar-refractivity contribution in [3.8, 4) is 5.75 Å². The SMILES string of the molecule is COc1ccc(Nc2nc3c(c(=O)[nH]2)[C@@H](C(=O)Nc2cccc([N+](=O)[O-])c2)CC(=O)N3)cc1. The molecular formula is C21H18N6O6. The second kappa shape index (κ2) is 8.78. The summed E-state index contributed by atoms with van der Waals surface area (Å²) in [5.74, 6) is -1.59. The number of nitro groups is 1. The number of nitrogens with zero attached hydrogens (tertiary/aromatic N) is 2. The fourth-order valence-corrected chi connectivity index (χ4v) is 3.39. The van der Waals surface area contributed by atoms with Crippen molar-refractivity contribution in [2.45, 2.75) is 12.3 Å². The van der Waals surface area contributed by atoms with Gasteiger partial charge in [-0.2, -0.15) is 4.98 Å². The summed E-state index contributed by atoms with van der Waals surface area (Å²) in [6.07, 6.45) is -0.274. The van der Waals surface area contributed by atoms with E-state index in [1.165, 1.54) is 24.3 Å². The molecule has 0 bridgehead atoms. The minimum atomic E-state index is -1.13. The molecular weight excluding hydrogens is 432 g/mol. The number of hydrogen-bond donors (Lipinski definition) is 4. The van der Waals surface area contributed by atoms with Crippen molar-refractivity contribution in [1.82, 2.24) is 9.97 Å². The molecule has 4 N–H and O–H groups in total. The summed E-state index contributed by atoms with van der Waals surface area (Å²) >= 11 is 0. The Kier molecular flexibility index (Phi) is 5.72. The first kappa shape index (κ1) is 21.5. The largest absolute Gasteiger partial charge is 0.497 e. The molecule has 33 heavy (non-hydrogen) atoms. The van der Waals surface area contributed by atoms with Gasteiger partial charge in [0.15, 0.2) is 0 Å². The highest BCUT2D eigenvalue weighted by Gasteiger charge is 2.35. The molecule has 2 amide bonds. The first-order chi connectivity index (χ1) is 15.8. The summed E-state index contributed by atoms with van der Waals surface area (Å²) < 4.78 is 5.10. The van der Waals surface area contributed by atoms with Gasteiger partial charge in [0.1, 0.15) is 11.6 Å². The molecule has 4 rings (SSSR count). The van der Waals surface area contributed by atoms with Crippen molar-refractivity contribution >= 4 is 40.6 Å². The van der Waals surface area contributed by atoms with Gasteiger partial charge in [0.2, 0.25) is 17.8 Å². The quantitative estimate of drug-likeness (QED) is 0.328. The average molecular weight is 450 g/mol. The highest BCUT2D eigenvalue weighted by Crippen LogP contribution is 2.30. The zero-order valence-corrected chi connectivity index (χ0v) is 17.2. The van der Waals surface area contributed by atoms with Crippen LogP contribution < -0.4 is 26.2 Å². The van der Waals surface area contributed by atoms with Crippen LogP contribution in [-0.2, 0) is 9.59 Å². The average Bonchev–Trinajstić information content (AvgIpc) is 2.79. The second-order valence-corrected chi connectivity index (χ2v) is 7.13. The van der Waals surface area contributed by atoms with Gasteiger partial charge in [-0.15, -0.1) is 0 Å². The maximum absolute atomic E-state index is 12.9. The predicted octanol–water partition coefficient (Wildman–Crippen LogP) is 2.49. The summed E-state index contributed by atoms with van der Waals surface area (Å²) in [7, 11) is 1.54. The maximum Gasteiger partial charge on any atom is 0.271 e. The van der Waals surface area contributed by atoms with Gasteiger partial charge in [0.25, 0.3) is 11.2 Å². The van der Waals surface area contributed by atoms with Crippen molar-refractivity contribution in [2.75, 3.05) is 23.1 Å². The standard InChI is InChI=1S/C21H18N6O6/c1-33-14-7-5-11(6-8-14)23-21-25-18-17(20(30)26-21)15(10-16(28)24-18)19(29)22-12-3-2-4-13(9-12)27(31)32/h2-9,15H,10H2,1H3,(H,22,29)(H3,23,24,25,26,28,30)/t15-/m0/s1. The number of non-ortho nitro benzene ring substituents is 1. The maximum atomic E-state index is 12.9. The van der Waals surface area contributed by atoms with Gasteiger partial charge in [0, 0.05) is 29.9 Å². The fourth-order valence-electron chi connectivity index (χ4n) is 3.39. The molecule has 3 aromatic rings. The van der Waals surface area contributed by atoms with E-state index in [1.807, 2.05) is 0 Å². The number of aromatic nitrogens is 2. The van der Waals surface area contributed by atoms with Gasteiger partial charge in [0.05, 0.1) is 23.5 Å². The number of fused-ring (bicyclic) bond motifs is 1. The van der Waals surface area contributed by atoms with E-state index in [9.17, 15) is 24.5 Å². The van der Waals surface area contributed by atoms with E-state index in [0.717, 1.165) is 0 Å². The van der Waals surface area contributed by atoms with Gasteiger partial charge in [-0.3, -0.25) is 29.5 Å². The number of rotatable bonds is 6.